The quantitative estimate of drug-likeness (QED) is 0.783. The first-order valence-electron chi connectivity index (χ1n) is 5.60. The van der Waals surface area contributed by atoms with Crippen molar-refractivity contribution in [1.82, 2.24) is 24.8 Å². The number of halogens is 3. The van der Waals surface area contributed by atoms with Crippen molar-refractivity contribution < 1.29 is 13.2 Å². The first-order valence-corrected chi connectivity index (χ1v) is 6.42. The molecule has 0 saturated carbocycles. The fourth-order valence-electron chi connectivity index (χ4n) is 1.58. The Labute approximate surface area is 119 Å². The molecule has 0 amide bonds. The molecule has 0 aromatic carbocycles. The molecule has 0 saturated heterocycles. The van der Waals surface area contributed by atoms with Gasteiger partial charge < -0.3 is 0 Å². The predicted molar refractivity (Wildman–Crippen MR) is 67.0 cm³/mol. The molecule has 6 nitrogen and oxygen atoms in total. The van der Waals surface area contributed by atoms with Gasteiger partial charge in [0.05, 0.1) is 0 Å². The third-order valence-electron chi connectivity index (χ3n) is 2.47. The molecule has 3 aromatic heterocycles. The van der Waals surface area contributed by atoms with Gasteiger partial charge >= 0.3 is 11.9 Å². The van der Waals surface area contributed by atoms with E-state index in [2.05, 4.69) is 20.3 Å². The number of aromatic amines is 1. The first-order chi connectivity index (χ1) is 9.93. The molecule has 0 fully saturated rings. The minimum atomic E-state index is -4.50. The highest BCUT2D eigenvalue weighted by molar-refractivity contribution is 7.99. The van der Waals surface area contributed by atoms with Gasteiger partial charge in [-0.25, -0.2) is 14.9 Å². The first kappa shape index (κ1) is 13.6. The minimum absolute atomic E-state index is 0.133. The number of H-pyrrole nitrogens is 1. The number of hydrogen-bond acceptors (Lipinski definition) is 5. The second kappa shape index (κ2) is 4.88. The summed E-state index contributed by atoms with van der Waals surface area (Å²) in [7, 11) is 0. The van der Waals surface area contributed by atoms with Crippen LogP contribution in [0.5, 0.6) is 0 Å². The average Bonchev–Trinajstić information content (AvgIpc) is 2.80. The summed E-state index contributed by atoms with van der Waals surface area (Å²) in [6, 6.07) is 6.66. The van der Waals surface area contributed by atoms with Crippen molar-refractivity contribution in [2.45, 2.75) is 16.2 Å². The third-order valence-corrected chi connectivity index (χ3v) is 3.34. The summed E-state index contributed by atoms with van der Waals surface area (Å²) in [6.45, 7) is 0. The van der Waals surface area contributed by atoms with Crippen LogP contribution in [0.4, 0.5) is 13.2 Å². The summed E-state index contributed by atoms with van der Waals surface area (Å²) in [5.74, 6) is 0. The number of aromatic nitrogens is 5. The van der Waals surface area contributed by atoms with Crippen LogP contribution in [0.1, 0.15) is 5.69 Å². The highest BCUT2D eigenvalue weighted by Crippen LogP contribution is 2.30. The van der Waals surface area contributed by atoms with E-state index in [1.54, 1.807) is 6.07 Å². The summed E-state index contributed by atoms with van der Waals surface area (Å²) >= 11 is 0.921. The zero-order valence-electron chi connectivity index (χ0n) is 10.1. The van der Waals surface area contributed by atoms with Crippen LogP contribution in [-0.4, -0.2) is 24.8 Å². The van der Waals surface area contributed by atoms with Gasteiger partial charge in [-0.05, 0) is 36.0 Å². The molecule has 0 spiro atoms. The Hall–Kier alpha value is -2.36. The van der Waals surface area contributed by atoms with E-state index >= 15 is 0 Å². The molecule has 10 heteroatoms. The fourth-order valence-corrected chi connectivity index (χ4v) is 2.34. The Kier molecular flexibility index (Phi) is 3.16. The monoisotopic (exact) mass is 313 g/mol. The van der Waals surface area contributed by atoms with E-state index in [1.807, 2.05) is 0 Å². The fraction of sp³-hybridized carbons (Fsp3) is 0.0909. The molecule has 3 heterocycles. The Bertz CT molecular complexity index is 857. The largest absolute Gasteiger partial charge is 0.433 e. The molecule has 0 radical (unpaired) electrons. The second-order valence-corrected chi connectivity index (χ2v) is 4.97. The topological polar surface area (TPSA) is 75.9 Å². The van der Waals surface area contributed by atoms with Crippen molar-refractivity contribution in [3.63, 3.8) is 0 Å². The molecular weight excluding hydrogens is 307 g/mol. The molecule has 0 unspecified atom stereocenters. The van der Waals surface area contributed by atoms with E-state index in [0.717, 1.165) is 22.3 Å². The maximum absolute atomic E-state index is 12.6. The number of fused-ring (bicyclic) bond motifs is 1. The van der Waals surface area contributed by atoms with Gasteiger partial charge in [-0.1, -0.05) is 6.07 Å². The molecule has 1 N–H and O–H groups in total. The van der Waals surface area contributed by atoms with Gasteiger partial charge in [-0.2, -0.15) is 27.9 Å². The van der Waals surface area contributed by atoms with E-state index < -0.39 is 17.6 Å². The average molecular weight is 313 g/mol. The van der Waals surface area contributed by atoms with Crippen LogP contribution in [0, 0.1) is 0 Å². The summed E-state index contributed by atoms with van der Waals surface area (Å²) in [4.78, 5) is 14.9. The molecule has 0 atom stereocenters. The summed E-state index contributed by atoms with van der Waals surface area (Å²) in [5.41, 5.74) is -1.18. The number of rotatable bonds is 2. The normalized spacial score (nSPS) is 12.0. The van der Waals surface area contributed by atoms with Gasteiger partial charge in [-0.3, -0.25) is 0 Å². The second-order valence-electron chi connectivity index (χ2n) is 3.93. The van der Waals surface area contributed by atoms with Crippen LogP contribution in [0.2, 0.25) is 0 Å². The van der Waals surface area contributed by atoms with Gasteiger partial charge in [0.2, 0.25) is 0 Å². The van der Waals surface area contributed by atoms with Gasteiger partial charge in [0.25, 0.3) is 0 Å². The van der Waals surface area contributed by atoms with Crippen molar-refractivity contribution in [3.05, 3.63) is 46.5 Å². The SMILES string of the molecule is O=c1[nH]nc2ccc(Sc3cccc(C(F)(F)F)n3)nn12. The van der Waals surface area contributed by atoms with Crippen LogP contribution in [-0.2, 0) is 6.18 Å². The standard InChI is InChI=1S/C11H6F3N5OS/c12-11(13,14)6-2-1-3-8(15-6)21-9-5-4-7-16-17-10(20)19(7)18-9/h1-5H,(H,17,20). The summed E-state index contributed by atoms with van der Waals surface area (Å²) in [5, 5.41) is 10.4. The highest BCUT2D eigenvalue weighted by atomic mass is 32.2. The molecule has 3 aromatic rings. The van der Waals surface area contributed by atoms with Crippen LogP contribution < -0.4 is 5.69 Å². The van der Waals surface area contributed by atoms with Crippen LogP contribution in [0.3, 0.4) is 0 Å². The van der Waals surface area contributed by atoms with E-state index in [4.69, 9.17) is 0 Å². The molecule has 108 valence electrons. The zero-order valence-corrected chi connectivity index (χ0v) is 10.9. The molecule has 0 aliphatic rings. The van der Waals surface area contributed by atoms with Gasteiger partial charge in [0.1, 0.15) is 15.7 Å². The molecule has 21 heavy (non-hydrogen) atoms. The lowest BCUT2D eigenvalue weighted by Gasteiger charge is -2.06. The molecule has 0 aliphatic heterocycles. The van der Waals surface area contributed by atoms with Gasteiger partial charge in [0.15, 0.2) is 5.65 Å². The Morgan fingerprint density at radius 3 is 2.71 bits per heavy atom. The number of pyridine rings is 1. The maximum atomic E-state index is 12.6. The van der Waals surface area contributed by atoms with Crippen molar-refractivity contribution in [3.8, 4) is 0 Å². The zero-order chi connectivity index (χ0) is 15.0. The Balaban J connectivity index is 1.95. The van der Waals surface area contributed by atoms with Crippen molar-refractivity contribution in [1.29, 1.82) is 0 Å². The Morgan fingerprint density at radius 2 is 1.95 bits per heavy atom. The lowest BCUT2D eigenvalue weighted by atomic mass is 10.3. The van der Waals surface area contributed by atoms with E-state index in [9.17, 15) is 18.0 Å². The van der Waals surface area contributed by atoms with Crippen molar-refractivity contribution in [2.24, 2.45) is 0 Å². The minimum Gasteiger partial charge on any atom is -0.244 e. The highest BCUT2D eigenvalue weighted by Gasteiger charge is 2.32. The molecule has 3 rings (SSSR count). The van der Waals surface area contributed by atoms with E-state index in [-0.39, 0.29) is 5.03 Å². The lowest BCUT2D eigenvalue weighted by Crippen LogP contribution is -2.12. The summed E-state index contributed by atoms with van der Waals surface area (Å²) in [6.07, 6.45) is -4.50. The molecular formula is C11H6F3N5OS. The van der Waals surface area contributed by atoms with Crippen LogP contribution >= 0.6 is 11.8 Å². The smallest absolute Gasteiger partial charge is 0.244 e. The Morgan fingerprint density at radius 1 is 1.14 bits per heavy atom. The predicted octanol–water partition coefficient (Wildman–Crippen LogP) is 1.98. The molecule has 0 aliphatic carbocycles. The van der Waals surface area contributed by atoms with Crippen molar-refractivity contribution in [2.75, 3.05) is 0 Å². The van der Waals surface area contributed by atoms with E-state index in [0.29, 0.717) is 10.7 Å². The lowest BCUT2D eigenvalue weighted by molar-refractivity contribution is -0.141. The number of nitrogens with one attached hydrogen (secondary N) is 1. The number of hydrogen-bond donors (Lipinski definition) is 1. The van der Waals surface area contributed by atoms with Crippen LogP contribution in [0.25, 0.3) is 5.65 Å². The number of nitrogens with zero attached hydrogens (tertiary/aromatic N) is 4. The van der Waals surface area contributed by atoms with Gasteiger partial charge in [0, 0.05) is 0 Å². The van der Waals surface area contributed by atoms with E-state index in [1.165, 1.54) is 18.2 Å². The van der Waals surface area contributed by atoms with Crippen molar-refractivity contribution >= 4 is 17.4 Å². The van der Waals surface area contributed by atoms with Gasteiger partial charge in [-0.15, -0.1) is 0 Å². The third kappa shape index (κ3) is 2.75. The summed E-state index contributed by atoms with van der Waals surface area (Å²) < 4.78 is 38.8. The molecule has 0 bridgehead atoms. The number of alkyl halides is 3. The van der Waals surface area contributed by atoms with Crippen LogP contribution in [0.15, 0.2) is 45.2 Å². The maximum Gasteiger partial charge on any atom is 0.433 e.